The van der Waals surface area contributed by atoms with Gasteiger partial charge in [-0.2, -0.15) is 4.37 Å². The van der Waals surface area contributed by atoms with Crippen molar-refractivity contribution in [2.45, 2.75) is 19.8 Å². The number of aromatic nitrogens is 1. The van der Waals surface area contributed by atoms with Gasteiger partial charge >= 0.3 is 6.03 Å². The maximum absolute atomic E-state index is 12.0. The fourth-order valence-electron chi connectivity index (χ4n) is 2.01. The van der Waals surface area contributed by atoms with E-state index in [1.807, 2.05) is 0 Å². The smallest absolute Gasteiger partial charge is 0.322 e. The molecule has 1 aliphatic heterocycles. The quantitative estimate of drug-likeness (QED) is 0.878. The van der Waals surface area contributed by atoms with Gasteiger partial charge in [-0.1, -0.05) is 11.6 Å². The molecule has 0 unspecified atom stereocenters. The SMILES string of the molecule is Cc1nsc(NC(=O)N2CCC[C@@H](CO)C2)c1Cl. The second kappa shape index (κ2) is 5.86. The van der Waals surface area contributed by atoms with E-state index in [0.29, 0.717) is 16.6 Å². The summed E-state index contributed by atoms with van der Waals surface area (Å²) >= 11 is 7.21. The van der Waals surface area contributed by atoms with Crippen molar-refractivity contribution in [3.63, 3.8) is 0 Å². The number of likely N-dealkylation sites (tertiary alicyclic amines) is 1. The Morgan fingerprint density at radius 3 is 3.11 bits per heavy atom. The molecule has 1 fully saturated rings. The molecule has 0 bridgehead atoms. The third-order valence-corrected chi connectivity index (χ3v) is 4.50. The Labute approximate surface area is 115 Å². The van der Waals surface area contributed by atoms with Gasteiger partial charge in [0.15, 0.2) is 0 Å². The lowest BCUT2D eigenvalue weighted by Crippen LogP contribution is -2.43. The molecule has 0 radical (unpaired) electrons. The number of rotatable bonds is 2. The average molecular weight is 290 g/mol. The summed E-state index contributed by atoms with van der Waals surface area (Å²) in [5.41, 5.74) is 0.726. The lowest BCUT2D eigenvalue weighted by molar-refractivity contribution is 0.136. The van der Waals surface area contributed by atoms with E-state index >= 15 is 0 Å². The summed E-state index contributed by atoms with van der Waals surface area (Å²) in [6.07, 6.45) is 1.90. The first-order valence-electron chi connectivity index (χ1n) is 5.90. The number of carbonyl (C=O) groups excluding carboxylic acids is 1. The van der Waals surface area contributed by atoms with Crippen LogP contribution in [0.4, 0.5) is 9.80 Å². The molecule has 1 saturated heterocycles. The largest absolute Gasteiger partial charge is 0.396 e. The van der Waals surface area contributed by atoms with Gasteiger partial charge in [-0.15, -0.1) is 0 Å². The highest BCUT2D eigenvalue weighted by Gasteiger charge is 2.24. The van der Waals surface area contributed by atoms with Crippen molar-refractivity contribution in [1.82, 2.24) is 9.27 Å². The van der Waals surface area contributed by atoms with Crippen LogP contribution in [0.5, 0.6) is 0 Å². The minimum atomic E-state index is -0.168. The highest BCUT2D eigenvalue weighted by atomic mass is 35.5. The molecule has 1 aromatic heterocycles. The molecule has 7 heteroatoms. The predicted molar refractivity (Wildman–Crippen MR) is 72.3 cm³/mol. The first kappa shape index (κ1) is 13.6. The van der Waals surface area contributed by atoms with Crippen LogP contribution in [0.1, 0.15) is 18.5 Å². The Balaban J connectivity index is 1.97. The Bertz CT molecular complexity index is 438. The van der Waals surface area contributed by atoms with E-state index in [1.165, 1.54) is 11.5 Å². The zero-order valence-corrected chi connectivity index (χ0v) is 11.7. The average Bonchev–Trinajstić information content (AvgIpc) is 2.71. The monoisotopic (exact) mass is 289 g/mol. The number of carbonyl (C=O) groups is 1. The third-order valence-electron chi connectivity index (χ3n) is 3.08. The van der Waals surface area contributed by atoms with Gasteiger partial charge in [0.05, 0.1) is 10.7 Å². The number of halogens is 1. The van der Waals surface area contributed by atoms with Gasteiger partial charge in [-0.05, 0) is 37.2 Å². The van der Waals surface area contributed by atoms with E-state index in [9.17, 15) is 4.79 Å². The molecule has 2 rings (SSSR count). The molecule has 2 amide bonds. The van der Waals surface area contributed by atoms with E-state index in [-0.39, 0.29) is 18.6 Å². The number of hydrogen-bond donors (Lipinski definition) is 2. The van der Waals surface area contributed by atoms with Crippen LogP contribution in [0, 0.1) is 12.8 Å². The molecular formula is C11H16ClN3O2S. The number of piperidine rings is 1. The molecule has 0 aromatic carbocycles. The molecule has 1 aromatic rings. The molecule has 5 nitrogen and oxygen atoms in total. The molecule has 18 heavy (non-hydrogen) atoms. The molecule has 2 N–H and O–H groups in total. The molecule has 1 aliphatic rings. The second-order valence-electron chi connectivity index (χ2n) is 4.48. The standard InChI is InChI=1S/C11H16ClN3O2S/c1-7-9(12)10(18-14-7)13-11(17)15-4-2-3-8(5-15)6-16/h8,16H,2-6H2,1H3,(H,13,17)/t8-/m1/s1. The van der Waals surface area contributed by atoms with Crippen LogP contribution < -0.4 is 5.32 Å². The summed E-state index contributed by atoms with van der Waals surface area (Å²) in [7, 11) is 0. The number of aliphatic hydroxyl groups is 1. The summed E-state index contributed by atoms with van der Waals surface area (Å²) in [5.74, 6) is 0.183. The van der Waals surface area contributed by atoms with Crippen LogP contribution >= 0.6 is 23.1 Å². The number of aliphatic hydroxyl groups excluding tert-OH is 1. The van der Waals surface area contributed by atoms with Gasteiger partial charge in [0.1, 0.15) is 5.00 Å². The molecule has 1 atom stereocenters. The summed E-state index contributed by atoms with van der Waals surface area (Å²) < 4.78 is 4.08. The molecule has 0 saturated carbocycles. The van der Waals surface area contributed by atoms with Gasteiger partial charge in [0, 0.05) is 19.7 Å². The number of anilines is 1. The summed E-state index contributed by atoms with van der Waals surface area (Å²) in [6.45, 7) is 3.25. The van der Waals surface area contributed by atoms with Gasteiger partial charge < -0.3 is 10.0 Å². The number of aryl methyl sites for hydroxylation is 1. The van der Waals surface area contributed by atoms with E-state index in [2.05, 4.69) is 9.69 Å². The molecule has 100 valence electrons. The van der Waals surface area contributed by atoms with Crippen molar-refractivity contribution < 1.29 is 9.90 Å². The molecule has 2 heterocycles. The number of nitrogens with one attached hydrogen (secondary N) is 1. The van der Waals surface area contributed by atoms with E-state index in [1.54, 1.807) is 11.8 Å². The number of urea groups is 1. The van der Waals surface area contributed by atoms with Crippen LogP contribution in [-0.4, -0.2) is 40.1 Å². The van der Waals surface area contributed by atoms with E-state index < -0.39 is 0 Å². The van der Waals surface area contributed by atoms with Crippen LogP contribution in [0.25, 0.3) is 0 Å². The van der Waals surface area contributed by atoms with Crippen molar-refractivity contribution in [3.05, 3.63) is 10.7 Å². The zero-order valence-electron chi connectivity index (χ0n) is 10.1. The second-order valence-corrected chi connectivity index (χ2v) is 5.63. The lowest BCUT2D eigenvalue weighted by Gasteiger charge is -2.31. The normalized spacial score (nSPS) is 19.9. The summed E-state index contributed by atoms with van der Waals surface area (Å²) in [5, 5.41) is 13.0. The maximum Gasteiger partial charge on any atom is 0.322 e. The zero-order chi connectivity index (χ0) is 13.1. The number of hydrogen-bond acceptors (Lipinski definition) is 4. The Morgan fingerprint density at radius 2 is 2.50 bits per heavy atom. The minimum Gasteiger partial charge on any atom is -0.396 e. The number of nitrogens with zero attached hydrogens (tertiary/aromatic N) is 2. The first-order chi connectivity index (χ1) is 8.61. The highest BCUT2D eigenvalue weighted by molar-refractivity contribution is 7.11. The lowest BCUT2D eigenvalue weighted by atomic mass is 9.99. The topological polar surface area (TPSA) is 65.5 Å². The fraction of sp³-hybridized carbons (Fsp3) is 0.636. The summed E-state index contributed by atoms with van der Waals surface area (Å²) in [6, 6.07) is -0.168. The fourth-order valence-corrected chi connectivity index (χ4v) is 2.93. The van der Waals surface area contributed by atoms with Crippen molar-refractivity contribution in [3.8, 4) is 0 Å². The van der Waals surface area contributed by atoms with Gasteiger partial charge in [0.2, 0.25) is 0 Å². The Kier molecular flexibility index (Phi) is 4.42. The van der Waals surface area contributed by atoms with Gasteiger partial charge in [-0.3, -0.25) is 5.32 Å². The molecular weight excluding hydrogens is 274 g/mol. The predicted octanol–water partition coefficient (Wildman–Crippen LogP) is 2.34. The van der Waals surface area contributed by atoms with Crippen LogP contribution in [0.3, 0.4) is 0 Å². The molecule has 0 spiro atoms. The van der Waals surface area contributed by atoms with Crippen LogP contribution in [0.15, 0.2) is 0 Å². The van der Waals surface area contributed by atoms with Crippen LogP contribution in [0.2, 0.25) is 5.02 Å². The van der Waals surface area contributed by atoms with Gasteiger partial charge in [0.25, 0.3) is 0 Å². The van der Waals surface area contributed by atoms with Crippen LogP contribution in [-0.2, 0) is 0 Å². The van der Waals surface area contributed by atoms with E-state index in [4.69, 9.17) is 16.7 Å². The summed E-state index contributed by atoms with van der Waals surface area (Å²) in [4.78, 5) is 13.8. The molecule has 0 aliphatic carbocycles. The van der Waals surface area contributed by atoms with Crippen molar-refractivity contribution >= 4 is 34.2 Å². The van der Waals surface area contributed by atoms with Crippen molar-refractivity contribution in [2.24, 2.45) is 5.92 Å². The number of amides is 2. The maximum atomic E-state index is 12.0. The van der Waals surface area contributed by atoms with E-state index in [0.717, 1.165) is 25.1 Å². The Hall–Kier alpha value is -0.850. The minimum absolute atomic E-state index is 0.129. The van der Waals surface area contributed by atoms with Crippen molar-refractivity contribution in [2.75, 3.05) is 25.0 Å². The van der Waals surface area contributed by atoms with Crippen molar-refractivity contribution in [1.29, 1.82) is 0 Å². The first-order valence-corrected chi connectivity index (χ1v) is 7.05. The highest BCUT2D eigenvalue weighted by Crippen LogP contribution is 2.30. The van der Waals surface area contributed by atoms with Gasteiger partial charge in [-0.25, -0.2) is 4.79 Å². The Morgan fingerprint density at radius 1 is 1.72 bits per heavy atom. The third kappa shape index (κ3) is 2.93.